The van der Waals surface area contributed by atoms with Crippen LogP contribution >= 0.6 is 0 Å². The Balaban J connectivity index is 2.26. The monoisotopic (exact) mass is 301 g/mol. The standard InChI is InChI=1S/C15H15N3O2S/c1-18(11-13-4-2-3-5-15(13)17)21(19,20)14-8-6-12(10-16)7-9-14/h2-9H,11,17H2,1H3. The van der Waals surface area contributed by atoms with Crippen molar-refractivity contribution in [3.05, 3.63) is 59.7 Å². The van der Waals surface area contributed by atoms with Crippen molar-refractivity contribution in [1.82, 2.24) is 4.31 Å². The molecule has 0 fully saturated rings. The van der Waals surface area contributed by atoms with Crippen LogP contribution in [0.15, 0.2) is 53.4 Å². The van der Waals surface area contributed by atoms with Crippen LogP contribution in [0.5, 0.6) is 0 Å². The Morgan fingerprint density at radius 2 is 1.76 bits per heavy atom. The summed E-state index contributed by atoms with van der Waals surface area (Å²) in [6.45, 7) is 0.189. The number of hydrogen-bond donors (Lipinski definition) is 1. The summed E-state index contributed by atoms with van der Waals surface area (Å²) in [5.74, 6) is 0. The van der Waals surface area contributed by atoms with Crippen molar-refractivity contribution in [2.75, 3.05) is 12.8 Å². The van der Waals surface area contributed by atoms with E-state index in [0.717, 1.165) is 5.56 Å². The summed E-state index contributed by atoms with van der Waals surface area (Å²) < 4.78 is 26.1. The molecule has 0 unspecified atom stereocenters. The molecule has 0 saturated heterocycles. The largest absolute Gasteiger partial charge is 0.398 e. The molecule has 0 amide bonds. The Labute approximate surface area is 124 Å². The topological polar surface area (TPSA) is 87.2 Å². The molecule has 2 rings (SSSR count). The Morgan fingerprint density at radius 3 is 2.33 bits per heavy atom. The molecule has 0 radical (unpaired) electrons. The molecule has 0 aliphatic rings. The summed E-state index contributed by atoms with van der Waals surface area (Å²) in [7, 11) is -2.11. The van der Waals surface area contributed by atoms with E-state index in [1.165, 1.54) is 35.6 Å². The molecular weight excluding hydrogens is 286 g/mol. The molecule has 0 saturated carbocycles. The van der Waals surface area contributed by atoms with Gasteiger partial charge in [-0.05, 0) is 35.9 Å². The Kier molecular flexibility index (Phi) is 4.26. The smallest absolute Gasteiger partial charge is 0.243 e. The van der Waals surface area contributed by atoms with Gasteiger partial charge in [0, 0.05) is 19.3 Å². The molecule has 0 atom stereocenters. The van der Waals surface area contributed by atoms with Crippen molar-refractivity contribution in [2.24, 2.45) is 0 Å². The minimum absolute atomic E-state index is 0.151. The average Bonchev–Trinajstić information content (AvgIpc) is 2.49. The summed E-state index contributed by atoms with van der Waals surface area (Å²) in [6.07, 6.45) is 0. The zero-order valence-electron chi connectivity index (χ0n) is 11.5. The second-order valence-corrected chi connectivity index (χ2v) is 6.64. The van der Waals surface area contributed by atoms with Crippen LogP contribution in [0.3, 0.4) is 0 Å². The molecule has 21 heavy (non-hydrogen) atoms. The lowest BCUT2D eigenvalue weighted by atomic mass is 10.2. The van der Waals surface area contributed by atoms with Gasteiger partial charge in [-0.25, -0.2) is 8.42 Å². The van der Waals surface area contributed by atoms with Crippen LogP contribution in [0, 0.1) is 11.3 Å². The van der Waals surface area contributed by atoms with E-state index in [0.29, 0.717) is 11.3 Å². The third-order valence-corrected chi connectivity index (χ3v) is 4.96. The maximum atomic E-state index is 12.4. The number of hydrogen-bond acceptors (Lipinski definition) is 4. The van der Waals surface area contributed by atoms with Crippen molar-refractivity contribution in [3.63, 3.8) is 0 Å². The quantitative estimate of drug-likeness (QED) is 0.874. The van der Waals surface area contributed by atoms with Gasteiger partial charge in [0.15, 0.2) is 0 Å². The van der Waals surface area contributed by atoms with Crippen molar-refractivity contribution in [2.45, 2.75) is 11.4 Å². The first-order chi connectivity index (χ1) is 9.95. The van der Waals surface area contributed by atoms with Gasteiger partial charge in [-0.1, -0.05) is 18.2 Å². The molecular formula is C15H15N3O2S. The first kappa shape index (κ1) is 15.0. The Hall–Kier alpha value is -2.36. The molecule has 0 heterocycles. The molecule has 0 spiro atoms. The maximum absolute atomic E-state index is 12.4. The maximum Gasteiger partial charge on any atom is 0.243 e. The second-order valence-electron chi connectivity index (χ2n) is 4.60. The van der Waals surface area contributed by atoms with E-state index in [1.807, 2.05) is 12.1 Å². The van der Waals surface area contributed by atoms with E-state index >= 15 is 0 Å². The normalized spacial score (nSPS) is 11.3. The summed E-state index contributed by atoms with van der Waals surface area (Å²) >= 11 is 0. The van der Waals surface area contributed by atoms with Crippen molar-refractivity contribution in [3.8, 4) is 6.07 Å². The summed E-state index contributed by atoms with van der Waals surface area (Å²) in [4.78, 5) is 0.151. The molecule has 2 N–H and O–H groups in total. The van der Waals surface area contributed by atoms with Crippen LogP contribution in [0.1, 0.15) is 11.1 Å². The van der Waals surface area contributed by atoms with E-state index in [9.17, 15) is 8.42 Å². The number of anilines is 1. The first-order valence-corrected chi connectivity index (χ1v) is 7.69. The van der Waals surface area contributed by atoms with Crippen molar-refractivity contribution in [1.29, 1.82) is 5.26 Å². The molecule has 108 valence electrons. The van der Waals surface area contributed by atoms with E-state index in [2.05, 4.69) is 0 Å². The van der Waals surface area contributed by atoms with E-state index in [-0.39, 0.29) is 11.4 Å². The zero-order valence-corrected chi connectivity index (χ0v) is 12.3. The number of nitrogens with zero attached hydrogens (tertiary/aromatic N) is 2. The molecule has 6 heteroatoms. The fourth-order valence-electron chi connectivity index (χ4n) is 1.88. The minimum atomic E-state index is -3.61. The third-order valence-electron chi connectivity index (χ3n) is 3.14. The van der Waals surface area contributed by atoms with Gasteiger partial charge in [-0.15, -0.1) is 0 Å². The molecule has 5 nitrogen and oxygen atoms in total. The van der Waals surface area contributed by atoms with Crippen LogP contribution in [0.4, 0.5) is 5.69 Å². The molecule has 2 aromatic rings. The van der Waals surface area contributed by atoms with Gasteiger partial charge in [0.1, 0.15) is 0 Å². The van der Waals surface area contributed by atoms with E-state index in [1.54, 1.807) is 18.2 Å². The van der Waals surface area contributed by atoms with Gasteiger partial charge < -0.3 is 5.73 Å². The summed E-state index contributed by atoms with van der Waals surface area (Å²) in [5, 5.41) is 8.74. The molecule has 0 aliphatic carbocycles. The molecule has 0 aromatic heterocycles. The van der Waals surface area contributed by atoms with Crippen LogP contribution in [-0.2, 0) is 16.6 Å². The van der Waals surface area contributed by atoms with E-state index < -0.39 is 10.0 Å². The highest BCUT2D eigenvalue weighted by Gasteiger charge is 2.21. The Bertz CT molecular complexity index is 777. The average molecular weight is 301 g/mol. The zero-order chi connectivity index (χ0) is 15.5. The van der Waals surface area contributed by atoms with Crippen LogP contribution < -0.4 is 5.73 Å². The summed E-state index contributed by atoms with van der Waals surface area (Å²) in [5.41, 5.74) is 7.55. The lowest BCUT2D eigenvalue weighted by Crippen LogP contribution is -2.26. The van der Waals surface area contributed by atoms with Gasteiger partial charge in [0.2, 0.25) is 10.0 Å². The fourth-order valence-corrected chi connectivity index (χ4v) is 3.03. The first-order valence-electron chi connectivity index (χ1n) is 6.25. The highest BCUT2D eigenvalue weighted by atomic mass is 32.2. The number of sulfonamides is 1. The third kappa shape index (κ3) is 3.21. The lowest BCUT2D eigenvalue weighted by Gasteiger charge is -2.18. The minimum Gasteiger partial charge on any atom is -0.398 e. The number of benzene rings is 2. The highest BCUT2D eigenvalue weighted by Crippen LogP contribution is 2.19. The number of nitriles is 1. The van der Waals surface area contributed by atoms with Crippen LogP contribution in [-0.4, -0.2) is 19.8 Å². The predicted octanol–water partition coefficient (Wildman–Crippen LogP) is 1.96. The van der Waals surface area contributed by atoms with Gasteiger partial charge in [0.05, 0.1) is 16.5 Å². The van der Waals surface area contributed by atoms with Gasteiger partial charge >= 0.3 is 0 Å². The highest BCUT2D eigenvalue weighted by molar-refractivity contribution is 7.89. The number of rotatable bonds is 4. The lowest BCUT2D eigenvalue weighted by molar-refractivity contribution is 0.467. The second kappa shape index (κ2) is 5.95. The molecule has 0 bridgehead atoms. The predicted molar refractivity (Wildman–Crippen MR) is 80.7 cm³/mol. The molecule has 0 aliphatic heterocycles. The van der Waals surface area contributed by atoms with Crippen molar-refractivity contribution < 1.29 is 8.42 Å². The van der Waals surface area contributed by atoms with Crippen LogP contribution in [0.2, 0.25) is 0 Å². The SMILES string of the molecule is CN(Cc1ccccc1N)S(=O)(=O)c1ccc(C#N)cc1. The van der Waals surface area contributed by atoms with E-state index in [4.69, 9.17) is 11.0 Å². The number of nitrogens with two attached hydrogens (primary N) is 1. The summed E-state index contributed by atoms with van der Waals surface area (Å²) in [6, 6.07) is 14.9. The number of para-hydroxylation sites is 1. The van der Waals surface area contributed by atoms with Gasteiger partial charge in [-0.3, -0.25) is 0 Å². The number of nitrogen functional groups attached to an aromatic ring is 1. The van der Waals surface area contributed by atoms with Gasteiger partial charge in [0.25, 0.3) is 0 Å². The molecule has 2 aromatic carbocycles. The van der Waals surface area contributed by atoms with Crippen LogP contribution in [0.25, 0.3) is 0 Å². The van der Waals surface area contributed by atoms with Crippen molar-refractivity contribution >= 4 is 15.7 Å². The van der Waals surface area contributed by atoms with Gasteiger partial charge in [-0.2, -0.15) is 9.57 Å². The Morgan fingerprint density at radius 1 is 1.14 bits per heavy atom. The fraction of sp³-hybridized carbons (Fsp3) is 0.133.